The first-order valence-corrected chi connectivity index (χ1v) is 4.27. The van der Waals surface area contributed by atoms with Crippen LogP contribution in [0.25, 0.3) is 0 Å². The first kappa shape index (κ1) is 9.58. The Bertz CT molecular complexity index is 279. The van der Waals surface area contributed by atoms with Gasteiger partial charge in [-0.3, -0.25) is 4.79 Å². The molecule has 0 heterocycles. The van der Waals surface area contributed by atoms with Crippen molar-refractivity contribution in [3.8, 4) is 5.75 Å². The topological polar surface area (TPSA) is 49.3 Å². The van der Waals surface area contributed by atoms with E-state index < -0.39 is 0 Å². The minimum Gasteiger partial charge on any atom is -0.508 e. The highest BCUT2D eigenvalue weighted by Gasteiger charge is 2.00. The fourth-order valence-electron chi connectivity index (χ4n) is 1.06. The van der Waals surface area contributed by atoms with Crippen LogP contribution in [0.15, 0.2) is 24.3 Å². The summed E-state index contributed by atoms with van der Waals surface area (Å²) < 4.78 is 0. The van der Waals surface area contributed by atoms with Gasteiger partial charge in [-0.05, 0) is 24.6 Å². The number of likely N-dealkylation sites (N-methyl/N-ethyl adjacent to an activating group) is 1. The van der Waals surface area contributed by atoms with Crippen LogP contribution in [0.1, 0.15) is 12.5 Å². The van der Waals surface area contributed by atoms with Gasteiger partial charge in [0, 0.05) is 6.54 Å². The van der Waals surface area contributed by atoms with Gasteiger partial charge in [-0.2, -0.15) is 0 Å². The molecule has 70 valence electrons. The van der Waals surface area contributed by atoms with Gasteiger partial charge in [0.2, 0.25) is 5.91 Å². The number of hydrogen-bond acceptors (Lipinski definition) is 2. The highest BCUT2D eigenvalue weighted by atomic mass is 16.3. The van der Waals surface area contributed by atoms with Crippen LogP contribution >= 0.6 is 0 Å². The first-order valence-electron chi connectivity index (χ1n) is 4.27. The Balaban J connectivity index is 2.54. The molecule has 0 fully saturated rings. The molecular weight excluding hydrogens is 166 g/mol. The van der Waals surface area contributed by atoms with Crippen LogP contribution in [0.3, 0.4) is 0 Å². The average molecular weight is 179 g/mol. The van der Waals surface area contributed by atoms with Crippen molar-refractivity contribution in [2.45, 2.75) is 13.3 Å². The Labute approximate surface area is 77.4 Å². The maximum atomic E-state index is 11.1. The molecule has 0 aliphatic rings. The van der Waals surface area contributed by atoms with E-state index in [9.17, 15) is 4.79 Å². The molecule has 0 aromatic heterocycles. The molecule has 13 heavy (non-hydrogen) atoms. The van der Waals surface area contributed by atoms with Crippen LogP contribution in [0.2, 0.25) is 0 Å². The van der Waals surface area contributed by atoms with Crippen LogP contribution in [-0.4, -0.2) is 17.6 Å². The Kier molecular flexibility index (Phi) is 3.31. The van der Waals surface area contributed by atoms with Gasteiger partial charge in [0.15, 0.2) is 0 Å². The Morgan fingerprint density at radius 1 is 1.38 bits per heavy atom. The smallest absolute Gasteiger partial charge is 0.224 e. The molecule has 0 radical (unpaired) electrons. The maximum absolute atomic E-state index is 11.1. The van der Waals surface area contributed by atoms with Crippen molar-refractivity contribution in [3.63, 3.8) is 0 Å². The number of amides is 1. The summed E-state index contributed by atoms with van der Waals surface area (Å²) in [7, 11) is 0. The van der Waals surface area contributed by atoms with Crippen LogP contribution < -0.4 is 5.32 Å². The lowest BCUT2D eigenvalue weighted by Crippen LogP contribution is -2.24. The molecule has 1 amide bonds. The molecular formula is C10H13NO2. The van der Waals surface area contributed by atoms with E-state index >= 15 is 0 Å². The number of nitrogens with one attached hydrogen (secondary N) is 1. The Morgan fingerprint density at radius 3 is 2.54 bits per heavy atom. The molecule has 0 saturated heterocycles. The van der Waals surface area contributed by atoms with E-state index in [2.05, 4.69) is 5.32 Å². The summed E-state index contributed by atoms with van der Waals surface area (Å²) in [6.07, 6.45) is 0.369. The predicted octanol–water partition coefficient (Wildman–Crippen LogP) is 1.07. The molecule has 0 aliphatic carbocycles. The van der Waals surface area contributed by atoms with Gasteiger partial charge >= 0.3 is 0 Å². The Morgan fingerprint density at radius 2 is 2.00 bits per heavy atom. The van der Waals surface area contributed by atoms with Gasteiger partial charge in [-0.25, -0.2) is 0 Å². The second kappa shape index (κ2) is 4.50. The van der Waals surface area contributed by atoms with Crippen molar-refractivity contribution in [2.75, 3.05) is 6.54 Å². The minimum atomic E-state index is 0.00758. The zero-order valence-electron chi connectivity index (χ0n) is 7.58. The van der Waals surface area contributed by atoms with Gasteiger partial charge < -0.3 is 10.4 Å². The molecule has 0 unspecified atom stereocenters. The fourth-order valence-corrected chi connectivity index (χ4v) is 1.06. The predicted molar refractivity (Wildman–Crippen MR) is 50.5 cm³/mol. The van der Waals surface area contributed by atoms with E-state index in [1.165, 1.54) is 0 Å². The molecule has 3 nitrogen and oxygen atoms in total. The standard InChI is InChI=1S/C10H13NO2/c1-2-11-10(13)7-8-3-5-9(12)6-4-8/h3-6,12H,2,7H2,1H3,(H,11,13). The molecule has 0 aliphatic heterocycles. The van der Waals surface area contributed by atoms with Crippen molar-refractivity contribution in [1.82, 2.24) is 5.32 Å². The van der Waals surface area contributed by atoms with Gasteiger partial charge in [0.05, 0.1) is 6.42 Å². The zero-order chi connectivity index (χ0) is 9.68. The SMILES string of the molecule is CCNC(=O)Cc1ccc(O)cc1. The van der Waals surface area contributed by atoms with E-state index in [1.807, 2.05) is 6.92 Å². The van der Waals surface area contributed by atoms with Crippen molar-refractivity contribution < 1.29 is 9.90 Å². The van der Waals surface area contributed by atoms with Crippen LogP contribution in [-0.2, 0) is 11.2 Å². The van der Waals surface area contributed by atoms with Crippen molar-refractivity contribution in [2.24, 2.45) is 0 Å². The third-order valence-corrected chi connectivity index (χ3v) is 1.67. The molecule has 1 aromatic carbocycles. The molecule has 2 N–H and O–H groups in total. The van der Waals surface area contributed by atoms with Crippen molar-refractivity contribution >= 4 is 5.91 Å². The number of phenolic OH excluding ortho intramolecular Hbond substituents is 1. The highest BCUT2D eigenvalue weighted by Crippen LogP contribution is 2.09. The molecule has 0 saturated carbocycles. The summed E-state index contributed by atoms with van der Waals surface area (Å²) in [4.78, 5) is 11.1. The molecule has 0 bridgehead atoms. The van der Waals surface area contributed by atoms with E-state index in [0.29, 0.717) is 13.0 Å². The summed E-state index contributed by atoms with van der Waals surface area (Å²) in [5, 5.41) is 11.7. The quantitative estimate of drug-likeness (QED) is 0.729. The van der Waals surface area contributed by atoms with E-state index in [4.69, 9.17) is 5.11 Å². The summed E-state index contributed by atoms with van der Waals surface area (Å²) in [5.41, 5.74) is 0.906. The summed E-state index contributed by atoms with van der Waals surface area (Å²) >= 11 is 0. The maximum Gasteiger partial charge on any atom is 0.224 e. The number of rotatable bonds is 3. The lowest BCUT2D eigenvalue weighted by Gasteiger charge is -2.01. The van der Waals surface area contributed by atoms with E-state index in [1.54, 1.807) is 24.3 Å². The summed E-state index contributed by atoms with van der Waals surface area (Å²) in [5.74, 6) is 0.229. The third kappa shape index (κ3) is 3.15. The lowest BCUT2D eigenvalue weighted by atomic mass is 10.1. The largest absolute Gasteiger partial charge is 0.508 e. The molecule has 1 aromatic rings. The normalized spacial score (nSPS) is 9.62. The zero-order valence-corrected chi connectivity index (χ0v) is 7.58. The van der Waals surface area contributed by atoms with Gasteiger partial charge in [0.25, 0.3) is 0 Å². The molecule has 3 heteroatoms. The van der Waals surface area contributed by atoms with E-state index in [-0.39, 0.29) is 11.7 Å². The van der Waals surface area contributed by atoms with Crippen LogP contribution in [0.5, 0.6) is 5.75 Å². The number of hydrogen-bond donors (Lipinski definition) is 2. The minimum absolute atomic E-state index is 0.00758. The van der Waals surface area contributed by atoms with Gasteiger partial charge in [-0.15, -0.1) is 0 Å². The number of carbonyl (C=O) groups excluding carboxylic acids is 1. The number of benzene rings is 1. The first-order chi connectivity index (χ1) is 6.22. The second-order valence-corrected chi connectivity index (χ2v) is 2.80. The number of phenols is 1. The monoisotopic (exact) mass is 179 g/mol. The molecule has 0 spiro atoms. The molecule has 0 atom stereocenters. The Hall–Kier alpha value is -1.51. The number of aromatic hydroxyl groups is 1. The van der Waals surface area contributed by atoms with Crippen LogP contribution in [0, 0.1) is 0 Å². The summed E-state index contributed by atoms with van der Waals surface area (Å²) in [6.45, 7) is 2.53. The molecule has 1 rings (SSSR count). The fraction of sp³-hybridized carbons (Fsp3) is 0.300. The summed E-state index contributed by atoms with van der Waals surface area (Å²) in [6, 6.07) is 6.64. The lowest BCUT2D eigenvalue weighted by molar-refractivity contribution is -0.120. The average Bonchev–Trinajstić information content (AvgIpc) is 2.09. The van der Waals surface area contributed by atoms with Gasteiger partial charge in [-0.1, -0.05) is 12.1 Å². The van der Waals surface area contributed by atoms with Gasteiger partial charge in [0.1, 0.15) is 5.75 Å². The van der Waals surface area contributed by atoms with E-state index in [0.717, 1.165) is 5.56 Å². The number of carbonyl (C=O) groups is 1. The van der Waals surface area contributed by atoms with Crippen molar-refractivity contribution in [3.05, 3.63) is 29.8 Å². The van der Waals surface area contributed by atoms with Crippen molar-refractivity contribution in [1.29, 1.82) is 0 Å². The second-order valence-electron chi connectivity index (χ2n) is 2.80. The van der Waals surface area contributed by atoms with Crippen LogP contribution in [0.4, 0.5) is 0 Å². The third-order valence-electron chi connectivity index (χ3n) is 1.67. The highest BCUT2D eigenvalue weighted by molar-refractivity contribution is 5.78.